The SMILES string of the molecule is COc1ccc(NS(=O)(=O)c2ccccc2F)cc1C. The lowest BCUT2D eigenvalue weighted by Crippen LogP contribution is -2.14. The molecule has 0 saturated carbocycles. The number of anilines is 1. The van der Waals surface area contributed by atoms with E-state index in [1.807, 2.05) is 0 Å². The van der Waals surface area contributed by atoms with Crippen molar-refractivity contribution in [3.8, 4) is 5.75 Å². The Morgan fingerprint density at radius 1 is 1.15 bits per heavy atom. The molecule has 0 amide bonds. The first-order valence-electron chi connectivity index (χ1n) is 5.86. The number of ether oxygens (including phenoxy) is 1. The van der Waals surface area contributed by atoms with E-state index in [2.05, 4.69) is 4.72 Å². The second kappa shape index (κ2) is 5.50. The summed E-state index contributed by atoms with van der Waals surface area (Å²) in [6.45, 7) is 1.79. The van der Waals surface area contributed by atoms with Crippen LogP contribution in [0.5, 0.6) is 5.75 Å². The molecule has 0 spiro atoms. The summed E-state index contributed by atoms with van der Waals surface area (Å²) in [7, 11) is -2.41. The number of rotatable bonds is 4. The number of aryl methyl sites for hydroxylation is 1. The molecular weight excluding hydrogens is 281 g/mol. The second-order valence-electron chi connectivity index (χ2n) is 4.22. The van der Waals surface area contributed by atoms with Crippen LogP contribution >= 0.6 is 0 Å². The van der Waals surface area contributed by atoms with Crippen LogP contribution in [0.25, 0.3) is 0 Å². The highest BCUT2D eigenvalue weighted by Gasteiger charge is 2.18. The van der Waals surface area contributed by atoms with Gasteiger partial charge in [-0.2, -0.15) is 0 Å². The topological polar surface area (TPSA) is 55.4 Å². The smallest absolute Gasteiger partial charge is 0.264 e. The van der Waals surface area contributed by atoms with Gasteiger partial charge in [0.15, 0.2) is 0 Å². The molecule has 6 heteroatoms. The van der Waals surface area contributed by atoms with Gasteiger partial charge in [0, 0.05) is 5.69 Å². The van der Waals surface area contributed by atoms with Crippen LogP contribution < -0.4 is 9.46 Å². The first-order valence-corrected chi connectivity index (χ1v) is 7.34. The molecule has 0 radical (unpaired) electrons. The van der Waals surface area contributed by atoms with Gasteiger partial charge in [-0.05, 0) is 42.8 Å². The van der Waals surface area contributed by atoms with E-state index in [0.717, 1.165) is 11.6 Å². The first-order chi connectivity index (χ1) is 9.44. The standard InChI is InChI=1S/C14H14FNO3S/c1-10-9-11(7-8-13(10)19-2)16-20(17,18)14-6-4-3-5-12(14)15/h3-9,16H,1-2H3. The predicted molar refractivity (Wildman–Crippen MR) is 74.9 cm³/mol. The van der Waals surface area contributed by atoms with Crippen molar-refractivity contribution in [3.05, 3.63) is 53.8 Å². The molecule has 0 unspecified atom stereocenters. The highest BCUT2D eigenvalue weighted by Crippen LogP contribution is 2.24. The fourth-order valence-corrected chi connectivity index (χ4v) is 2.94. The molecule has 0 heterocycles. The number of sulfonamides is 1. The molecule has 0 aromatic heterocycles. The lowest BCUT2D eigenvalue weighted by atomic mass is 10.2. The Hall–Kier alpha value is -2.08. The molecule has 2 aromatic carbocycles. The molecule has 1 N–H and O–H groups in total. The van der Waals surface area contributed by atoms with Crippen molar-refractivity contribution in [2.24, 2.45) is 0 Å². The molecule has 0 atom stereocenters. The number of hydrogen-bond donors (Lipinski definition) is 1. The van der Waals surface area contributed by atoms with Crippen molar-refractivity contribution in [2.75, 3.05) is 11.8 Å². The Morgan fingerprint density at radius 3 is 2.45 bits per heavy atom. The van der Waals surface area contributed by atoms with Crippen LogP contribution in [0.4, 0.5) is 10.1 Å². The van der Waals surface area contributed by atoms with Gasteiger partial charge in [0.25, 0.3) is 10.0 Å². The molecule has 0 aliphatic rings. The molecule has 20 heavy (non-hydrogen) atoms. The molecule has 2 aromatic rings. The summed E-state index contributed by atoms with van der Waals surface area (Å²) in [4.78, 5) is -0.381. The van der Waals surface area contributed by atoms with Crippen LogP contribution in [0, 0.1) is 12.7 Å². The van der Waals surface area contributed by atoms with Gasteiger partial charge in [0.1, 0.15) is 16.5 Å². The van der Waals surface area contributed by atoms with E-state index in [0.29, 0.717) is 11.4 Å². The van der Waals surface area contributed by atoms with Crippen LogP contribution in [0.3, 0.4) is 0 Å². The van der Waals surface area contributed by atoms with Crippen LogP contribution in [-0.2, 0) is 10.0 Å². The van der Waals surface area contributed by atoms with Gasteiger partial charge in [-0.1, -0.05) is 12.1 Å². The van der Waals surface area contributed by atoms with Gasteiger partial charge in [0.2, 0.25) is 0 Å². The van der Waals surface area contributed by atoms with E-state index in [-0.39, 0.29) is 4.90 Å². The highest BCUT2D eigenvalue weighted by atomic mass is 32.2. The molecule has 2 rings (SSSR count). The molecule has 0 saturated heterocycles. The van der Waals surface area contributed by atoms with Crippen molar-refractivity contribution in [2.45, 2.75) is 11.8 Å². The second-order valence-corrected chi connectivity index (χ2v) is 5.87. The molecule has 0 fully saturated rings. The van der Waals surface area contributed by atoms with Crippen molar-refractivity contribution >= 4 is 15.7 Å². The van der Waals surface area contributed by atoms with E-state index < -0.39 is 15.8 Å². The van der Waals surface area contributed by atoms with Gasteiger partial charge in [0.05, 0.1) is 7.11 Å². The summed E-state index contributed by atoms with van der Waals surface area (Å²) in [6, 6.07) is 10.1. The Balaban J connectivity index is 2.34. The van der Waals surface area contributed by atoms with Crippen LogP contribution in [0.2, 0.25) is 0 Å². The summed E-state index contributed by atoms with van der Waals surface area (Å²) < 4.78 is 45.2. The maximum absolute atomic E-state index is 13.5. The number of halogens is 1. The minimum atomic E-state index is -3.95. The zero-order valence-electron chi connectivity index (χ0n) is 11.1. The van der Waals surface area contributed by atoms with Crippen molar-refractivity contribution < 1.29 is 17.5 Å². The summed E-state index contributed by atoms with van der Waals surface area (Å²) in [5, 5.41) is 0. The fraction of sp³-hybridized carbons (Fsp3) is 0.143. The highest BCUT2D eigenvalue weighted by molar-refractivity contribution is 7.92. The molecule has 4 nitrogen and oxygen atoms in total. The quantitative estimate of drug-likeness (QED) is 0.943. The third-order valence-electron chi connectivity index (χ3n) is 2.77. The lowest BCUT2D eigenvalue weighted by Gasteiger charge is -2.11. The lowest BCUT2D eigenvalue weighted by molar-refractivity contribution is 0.412. The average Bonchev–Trinajstić information content (AvgIpc) is 2.38. The van der Waals surface area contributed by atoms with Crippen molar-refractivity contribution in [3.63, 3.8) is 0 Å². The molecular formula is C14H14FNO3S. The number of nitrogens with one attached hydrogen (secondary N) is 1. The van der Waals surface area contributed by atoms with Gasteiger partial charge in [-0.25, -0.2) is 12.8 Å². The average molecular weight is 295 g/mol. The van der Waals surface area contributed by atoms with Crippen molar-refractivity contribution in [1.29, 1.82) is 0 Å². The first kappa shape index (κ1) is 14.3. The molecule has 0 aliphatic carbocycles. The van der Waals surface area contributed by atoms with Crippen LogP contribution in [0.1, 0.15) is 5.56 Å². The third kappa shape index (κ3) is 2.91. The summed E-state index contributed by atoms with van der Waals surface area (Å²) in [5.41, 5.74) is 1.13. The van der Waals surface area contributed by atoms with Crippen LogP contribution in [-0.4, -0.2) is 15.5 Å². The van der Waals surface area contributed by atoms with Crippen LogP contribution in [0.15, 0.2) is 47.4 Å². The number of benzene rings is 2. The van der Waals surface area contributed by atoms with Gasteiger partial charge in [-0.15, -0.1) is 0 Å². The third-order valence-corrected chi connectivity index (χ3v) is 4.19. The predicted octanol–water partition coefficient (Wildman–Crippen LogP) is 2.94. The summed E-state index contributed by atoms with van der Waals surface area (Å²) in [5.74, 6) is -0.135. The maximum Gasteiger partial charge on any atom is 0.264 e. The number of methoxy groups -OCH3 is 1. The Bertz CT molecular complexity index is 729. The fourth-order valence-electron chi connectivity index (χ4n) is 1.81. The Morgan fingerprint density at radius 2 is 1.85 bits per heavy atom. The maximum atomic E-state index is 13.5. The van der Waals surface area contributed by atoms with E-state index in [4.69, 9.17) is 4.74 Å². The molecule has 0 bridgehead atoms. The monoisotopic (exact) mass is 295 g/mol. The minimum Gasteiger partial charge on any atom is -0.496 e. The van der Waals surface area contributed by atoms with Gasteiger partial charge < -0.3 is 4.74 Å². The van der Waals surface area contributed by atoms with Gasteiger partial charge in [-0.3, -0.25) is 4.72 Å². The largest absolute Gasteiger partial charge is 0.496 e. The van der Waals surface area contributed by atoms with E-state index in [1.54, 1.807) is 25.1 Å². The summed E-state index contributed by atoms with van der Waals surface area (Å²) >= 11 is 0. The van der Waals surface area contributed by atoms with E-state index >= 15 is 0 Å². The van der Waals surface area contributed by atoms with Crippen molar-refractivity contribution in [1.82, 2.24) is 0 Å². The zero-order chi connectivity index (χ0) is 14.8. The van der Waals surface area contributed by atoms with E-state index in [1.165, 1.54) is 25.3 Å². The number of hydrogen-bond acceptors (Lipinski definition) is 3. The Labute approximate surface area is 117 Å². The zero-order valence-corrected chi connectivity index (χ0v) is 11.9. The van der Waals surface area contributed by atoms with E-state index in [9.17, 15) is 12.8 Å². The summed E-state index contributed by atoms with van der Waals surface area (Å²) in [6.07, 6.45) is 0. The van der Waals surface area contributed by atoms with Gasteiger partial charge >= 0.3 is 0 Å². The Kier molecular flexibility index (Phi) is 3.94. The molecule has 0 aliphatic heterocycles. The molecule has 106 valence electrons. The normalized spacial score (nSPS) is 11.2. The minimum absolute atomic E-state index is 0.353.